The van der Waals surface area contributed by atoms with Crippen molar-refractivity contribution in [2.75, 3.05) is 20.6 Å². The van der Waals surface area contributed by atoms with Crippen LogP contribution in [0.5, 0.6) is 0 Å². The third-order valence-corrected chi connectivity index (χ3v) is 5.07. The fourth-order valence-electron chi connectivity index (χ4n) is 3.26. The van der Waals surface area contributed by atoms with Gasteiger partial charge in [0.1, 0.15) is 11.5 Å². The topological polar surface area (TPSA) is 74.2 Å². The molecule has 1 unspecified atom stereocenters. The zero-order valence-corrected chi connectivity index (χ0v) is 18.6. The van der Waals surface area contributed by atoms with Crippen LogP contribution in [0, 0.1) is 6.92 Å². The number of aryl methyl sites for hydroxylation is 1. The van der Waals surface area contributed by atoms with Gasteiger partial charge in [-0.25, -0.2) is 0 Å². The number of hydrogen-bond donors (Lipinski definition) is 2. The Labute approximate surface area is 179 Å². The van der Waals surface area contributed by atoms with E-state index in [1.807, 2.05) is 38.4 Å². The van der Waals surface area contributed by atoms with E-state index in [2.05, 4.69) is 49.8 Å². The van der Waals surface area contributed by atoms with Crippen molar-refractivity contribution in [2.45, 2.75) is 19.9 Å². The minimum Gasteiger partial charge on any atom is -0.380 e. The molecule has 3 rings (SSSR count). The maximum atomic E-state index is 13.2. The molecular weight excluding hydrogens is 432 g/mol. The first-order valence-corrected chi connectivity index (χ1v) is 10.1. The molecule has 0 saturated heterocycles. The fraction of sp³-hybridized carbons (Fsp3) is 0.273. The zero-order chi connectivity index (χ0) is 21.1. The number of halogens is 1. The summed E-state index contributed by atoms with van der Waals surface area (Å²) >= 11 is 3.42. The number of hydrogen-bond acceptors (Lipinski definition) is 5. The number of H-pyrrole nitrogens is 1. The Balaban J connectivity index is 1.83. The Hall–Kier alpha value is -2.64. The Morgan fingerprint density at radius 3 is 2.69 bits per heavy atom. The van der Waals surface area contributed by atoms with Gasteiger partial charge in [0, 0.05) is 34.4 Å². The Kier molecular flexibility index (Phi) is 6.39. The van der Waals surface area contributed by atoms with E-state index in [-0.39, 0.29) is 11.8 Å². The summed E-state index contributed by atoms with van der Waals surface area (Å²) in [5.41, 5.74) is 3.89. The second kappa shape index (κ2) is 8.80. The lowest BCUT2D eigenvalue weighted by Gasteiger charge is -2.20. The molecule has 3 aromatic rings. The van der Waals surface area contributed by atoms with Crippen molar-refractivity contribution in [1.82, 2.24) is 20.4 Å². The smallest absolute Gasteiger partial charge is 0.200 e. The Morgan fingerprint density at radius 2 is 2.03 bits per heavy atom. The number of carbonyl (C=O) groups excluding carboxylic acids is 1. The summed E-state index contributed by atoms with van der Waals surface area (Å²) in [5.74, 6) is 0.352. The highest BCUT2D eigenvalue weighted by Crippen LogP contribution is 2.29. The lowest BCUT2D eigenvalue weighted by molar-refractivity contribution is 0.103. The van der Waals surface area contributed by atoms with Crippen molar-refractivity contribution in [2.24, 2.45) is 0 Å². The molecule has 6 nitrogen and oxygen atoms in total. The van der Waals surface area contributed by atoms with E-state index in [0.29, 0.717) is 22.6 Å². The second-order valence-electron chi connectivity index (χ2n) is 7.39. The van der Waals surface area contributed by atoms with Gasteiger partial charge in [0.05, 0.1) is 17.0 Å². The van der Waals surface area contributed by atoms with Crippen LogP contribution in [0.25, 0.3) is 17.0 Å². The Morgan fingerprint density at radius 1 is 1.34 bits per heavy atom. The van der Waals surface area contributed by atoms with Gasteiger partial charge in [0.15, 0.2) is 5.78 Å². The van der Waals surface area contributed by atoms with Crippen molar-refractivity contribution in [3.05, 3.63) is 70.2 Å². The van der Waals surface area contributed by atoms with Crippen molar-refractivity contribution >= 4 is 27.4 Å². The molecule has 2 heterocycles. The van der Waals surface area contributed by atoms with Gasteiger partial charge < -0.3 is 19.7 Å². The van der Waals surface area contributed by atoms with E-state index in [9.17, 15) is 4.79 Å². The Bertz CT molecular complexity index is 1020. The largest absolute Gasteiger partial charge is 0.380 e. The van der Waals surface area contributed by atoms with Crippen LogP contribution in [0.4, 0.5) is 0 Å². The predicted octanol–water partition coefficient (Wildman–Crippen LogP) is 4.48. The van der Waals surface area contributed by atoms with E-state index < -0.39 is 0 Å². The number of likely N-dealkylation sites (N-methyl/N-ethyl adjacent to an activating group) is 1. The van der Waals surface area contributed by atoms with Crippen LogP contribution >= 0.6 is 15.9 Å². The monoisotopic (exact) mass is 456 g/mol. The minimum absolute atomic E-state index is 0.140. The molecule has 2 N–H and O–H groups in total. The van der Waals surface area contributed by atoms with Crippen LogP contribution in [-0.2, 0) is 0 Å². The number of carbonyl (C=O) groups is 1. The van der Waals surface area contributed by atoms with Crippen LogP contribution in [-0.4, -0.2) is 47.5 Å². The fourth-order valence-corrected chi connectivity index (χ4v) is 3.52. The number of aromatic nitrogens is 2. The SMILES string of the molecule is C=C(NC(C)CN(C)C)c1cc(C(=O)c2c(-c3ccc(Br)cc3)noc2C)c[nH]1. The molecule has 1 aromatic carbocycles. The molecule has 7 heteroatoms. The molecule has 0 bridgehead atoms. The molecule has 0 radical (unpaired) electrons. The van der Waals surface area contributed by atoms with Crippen LogP contribution in [0.15, 0.2) is 52.1 Å². The van der Waals surface area contributed by atoms with Crippen molar-refractivity contribution in [3.63, 3.8) is 0 Å². The van der Waals surface area contributed by atoms with E-state index >= 15 is 0 Å². The number of benzene rings is 1. The van der Waals surface area contributed by atoms with E-state index in [0.717, 1.165) is 28.0 Å². The van der Waals surface area contributed by atoms with Gasteiger partial charge in [0.25, 0.3) is 0 Å². The maximum Gasteiger partial charge on any atom is 0.200 e. The third-order valence-electron chi connectivity index (χ3n) is 4.54. The number of nitrogens with one attached hydrogen (secondary N) is 2. The molecule has 0 spiro atoms. The molecular formula is C22H25BrN4O2. The third kappa shape index (κ3) is 4.86. The van der Waals surface area contributed by atoms with Crippen LogP contribution in [0.2, 0.25) is 0 Å². The van der Waals surface area contributed by atoms with Gasteiger partial charge in [-0.05, 0) is 46.1 Å². The summed E-state index contributed by atoms with van der Waals surface area (Å²) in [5, 5.41) is 7.47. The summed E-state index contributed by atoms with van der Waals surface area (Å²) in [6.07, 6.45) is 1.69. The maximum absolute atomic E-state index is 13.2. The summed E-state index contributed by atoms with van der Waals surface area (Å²) in [6.45, 7) is 8.81. The van der Waals surface area contributed by atoms with Gasteiger partial charge in [-0.3, -0.25) is 4.79 Å². The molecule has 0 aliphatic rings. The predicted molar refractivity (Wildman–Crippen MR) is 119 cm³/mol. The van der Waals surface area contributed by atoms with Gasteiger partial charge in [-0.1, -0.05) is 39.8 Å². The first kappa shape index (κ1) is 21.1. The van der Waals surface area contributed by atoms with Gasteiger partial charge >= 0.3 is 0 Å². The highest BCUT2D eigenvalue weighted by molar-refractivity contribution is 9.10. The summed E-state index contributed by atoms with van der Waals surface area (Å²) in [6, 6.07) is 9.65. The van der Waals surface area contributed by atoms with E-state index in [1.54, 1.807) is 19.2 Å². The van der Waals surface area contributed by atoms with Gasteiger partial charge in [-0.15, -0.1) is 0 Å². The van der Waals surface area contributed by atoms with Gasteiger partial charge in [-0.2, -0.15) is 0 Å². The van der Waals surface area contributed by atoms with Crippen molar-refractivity contribution < 1.29 is 9.32 Å². The molecule has 0 fully saturated rings. The number of aromatic amines is 1. The highest BCUT2D eigenvalue weighted by Gasteiger charge is 2.24. The molecule has 2 aromatic heterocycles. The first-order chi connectivity index (χ1) is 13.8. The zero-order valence-electron chi connectivity index (χ0n) is 17.0. The molecule has 0 saturated carbocycles. The summed E-state index contributed by atoms with van der Waals surface area (Å²) in [7, 11) is 4.05. The highest BCUT2D eigenvalue weighted by atomic mass is 79.9. The normalized spacial score (nSPS) is 12.2. The quantitative estimate of drug-likeness (QED) is 0.488. The van der Waals surface area contributed by atoms with E-state index in [1.165, 1.54) is 0 Å². The van der Waals surface area contributed by atoms with Crippen molar-refractivity contribution in [1.29, 1.82) is 0 Å². The molecule has 0 amide bonds. The average Bonchev–Trinajstić information content (AvgIpc) is 3.28. The number of nitrogens with zero attached hydrogens (tertiary/aromatic N) is 2. The minimum atomic E-state index is -0.140. The second-order valence-corrected chi connectivity index (χ2v) is 8.30. The van der Waals surface area contributed by atoms with Crippen LogP contribution in [0.3, 0.4) is 0 Å². The number of rotatable bonds is 8. The first-order valence-electron chi connectivity index (χ1n) is 9.32. The summed E-state index contributed by atoms with van der Waals surface area (Å²) < 4.78 is 6.30. The molecule has 152 valence electrons. The molecule has 0 aliphatic carbocycles. The molecule has 0 aliphatic heterocycles. The molecule has 29 heavy (non-hydrogen) atoms. The van der Waals surface area contributed by atoms with Crippen LogP contribution < -0.4 is 5.32 Å². The number of ketones is 1. The van der Waals surface area contributed by atoms with Gasteiger partial charge in [0.2, 0.25) is 0 Å². The standard InChI is InChI=1S/C22H25BrN4O2/c1-13(12-27(4)5)25-14(2)19-10-17(11-24-19)22(28)20-15(3)29-26-21(20)16-6-8-18(23)9-7-16/h6-11,13,24-25H,2,12H2,1,3-5H3. The molecule has 1 atom stereocenters. The lowest BCUT2D eigenvalue weighted by atomic mass is 9.99. The average molecular weight is 457 g/mol. The van der Waals surface area contributed by atoms with Crippen molar-refractivity contribution in [3.8, 4) is 11.3 Å². The van der Waals surface area contributed by atoms with Crippen LogP contribution in [0.1, 0.15) is 34.3 Å². The van der Waals surface area contributed by atoms with E-state index in [4.69, 9.17) is 4.52 Å². The lowest BCUT2D eigenvalue weighted by Crippen LogP contribution is -2.34. The summed E-state index contributed by atoms with van der Waals surface area (Å²) in [4.78, 5) is 18.5.